The average molecular weight is 914 g/mol. The van der Waals surface area contributed by atoms with Crippen molar-refractivity contribution in [1.82, 2.24) is 4.90 Å². The van der Waals surface area contributed by atoms with Crippen molar-refractivity contribution in [2.24, 2.45) is 11.8 Å². The lowest BCUT2D eigenvalue weighted by molar-refractivity contribution is -0.365. The molecule has 3 aliphatic rings. The number of ether oxygens (including phenoxy) is 10. The van der Waals surface area contributed by atoms with Gasteiger partial charge in [0.2, 0.25) is 0 Å². The first-order valence-electron chi connectivity index (χ1n) is 22.0. The van der Waals surface area contributed by atoms with Crippen molar-refractivity contribution in [1.29, 1.82) is 0 Å². The Morgan fingerprint density at radius 1 is 0.875 bits per heavy atom. The zero-order chi connectivity index (χ0) is 48.1. The van der Waals surface area contributed by atoms with Crippen molar-refractivity contribution in [3.05, 3.63) is 24.3 Å². The monoisotopic (exact) mass is 913 g/mol. The van der Waals surface area contributed by atoms with E-state index in [0.717, 1.165) is 6.92 Å². The number of likely N-dealkylation sites (N-methyl/N-ethyl adjacent to an activating group) is 1. The summed E-state index contributed by atoms with van der Waals surface area (Å²) in [5, 5.41) is 24.0. The van der Waals surface area contributed by atoms with Crippen LogP contribution in [0.5, 0.6) is 0 Å². The minimum absolute atomic E-state index is 0.0131. The summed E-state index contributed by atoms with van der Waals surface area (Å²) in [4.78, 5) is 77.6. The highest BCUT2D eigenvalue weighted by Gasteiger charge is 2.59. The fourth-order valence-corrected chi connectivity index (χ4v) is 8.52. The van der Waals surface area contributed by atoms with Crippen LogP contribution in [0.2, 0.25) is 0 Å². The highest BCUT2D eigenvalue weighted by molar-refractivity contribution is 5.73. The molecule has 0 aromatic carbocycles. The molecule has 0 spiro atoms. The van der Waals surface area contributed by atoms with Gasteiger partial charge >= 0.3 is 29.8 Å². The molecule has 19 nitrogen and oxygen atoms in total. The number of carbonyl (C=O) groups excluding carboxylic acids is 6. The van der Waals surface area contributed by atoms with Gasteiger partial charge < -0.3 is 67.3 Å². The number of cyclic esters (lactones) is 1. The summed E-state index contributed by atoms with van der Waals surface area (Å²) < 4.78 is 60.1. The third-order valence-electron chi connectivity index (χ3n) is 11.7. The Hall–Kier alpha value is -3.82. The maximum atomic E-state index is 13.4. The van der Waals surface area contributed by atoms with Crippen LogP contribution >= 0.6 is 0 Å². The molecule has 64 heavy (non-hydrogen) atoms. The summed E-state index contributed by atoms with van der Waals surface area (Å²) in [6.45, 7) is 13.8. The lowest BCUT2D eigenvalue weighted by Crippen LogP contribution is -2.70. The molecule has 0 unspecified atom stereocenters. The predicted octanol–water partition coefficient (Wildman–Crippen LogP) is 2.88. The molecular weight excluding hydrogens is 842 g/mol. The van der Waals surface area contributed by atoms with E-state index in [1.54, 1.807) is 77.9 Å². The van der Waals surface area contributed by atoms with Crippen molar-refractivity contribution in [3.8, 4) is 0 Å². The fourth-order valence-electron chi connectivity index (χ4n) is 8.52. The van der Waals surface area contributed by atoms with E-state index in [9.17, 15) is 39.0 Å². The molecule has 0 aromatic rings. The van der Waals surface area contributed by atoms with Gasteiger partial charge in [-0.2, -0.15) is 0 Å². The standard InChI is InChI=1S/C45H71NO18/c1-13-33(50)60-32-23-35(52)56-25(4)18-16-15-17-19-31(59-28(7)48)24(3)22-30(20-21-47)39(40(32)55-12)63-43-37(53)36(46(10)11)38(26(5)57-43)62-44-41(54)45(9,64-29(8)49)42(27(6)58-44)61-34(51)14-2/h15-17,19,21,24-27,30-32,36-44,53-54H,13-14,18,20,22-23H2,1-12H3/b16-15+,19-17+/t24-,25-,26-,27+,30-,31-,32+,36+,37-,38+,39-,40-,41-,42-,43-,44-,45+/m0/s1. The third-order valence-corrected chi connectivity index (χ3v) is 11.7. The van der Waals surface area contributed by atoms with Gasteiger partial charge in [0.05, 0.1) is 30.8 Å². The van der Waals surface area contributed by atoms with Crippen molar-refractivity contribution < 1.29 is 86.3 Å². The summed E-state index contributed by atoms with van der Waals surface area (Å²) in [5.41, 5.74) is -1.82. The highest BCUT2D eigenvalue weighted by Crippen LogP contribution is 2.39. The lowest BCUT2D eigenvalue weighted by Gasteiger charge is -2.52. The number of nitrogens with zero attached hydrogens (tertiary/aromatic N) is 1. The van der Waals surface area contributed by atoms with Crippen LogP contribution in [0, 0.1) is 11.8 Å². The number of aliphatic hydroxyl groups excluding tert-OH is 2. The Morgan fingerprint density at radius 2 is 1.50 bits per heavy atom. The highest BCUT2D eigenvalue weighted by atomic mass is 16.7. The molecule has 2 fully saturated rings. The second-order valence-corrected chi connectivity index (χ2v) is 17.1. The second kappa shape index (κ2) is 25.2. The first-order valence-corrected chi connectivity index (χ1v) is 22.0. The van der Waals surface area contributed by atoms with Gasteiger partial charge in [-0.25, -0.2) is 0 Å². The molecule has 0 aliphatic carbocycles. The van der Waals surface area contributed by atoms with E-state index in [1.807, 2.05) is 6.92 Å². The SMILES string of the molecule is CCC(=O)O[C@@H]1CC(=O)O[C@@H](C)C/C=C/C=C/[C@H](OC(C)=O)[C@@H](C)C[C@H](CC=O)[C@H](O[C@@H]2O[C@@H](C)[C@@H](O[C@@H]3O[C@H](C)[C@H](OC(=O)CC)[C@](C)(OC(C)=O)[C@H]3O)[C@H](N(C)C)[C@@H]2O)[C@H]1OC. The number of methoxy groups -OCH3 is 1. The molecule has 2 N–H and O–H groups in total. The third kappa shape index (κ3) is 14.6. The van der Waals surface area contributed by atoms with E-state index in [2.05, 4.69) is 0 Å². The number of rotatable bonds is 14. The van der Waals surface area contributed by atoms with Crippen molar-refractivity contribution in [2.75, 3.05) is 21.2 Å². The van der Waals surface area contributed by atoms with Crippen LogP contribution in [0.3, 0.4) is 0 Å². The van der Waals surface area contributed by atoms with E-state index < -0.39 is 139 Å². The van der Waals surface area contributed by atoms with Crippen LogP contribution in [0.4, 0.5) is 0 Å². The van der Waals surface area contributed by atoms with E-state index in [1.165, 1.54) is 21.0 Å². The summed E-state index contributed by atoms with van der Waals surface area (Å²) in [5.74, 6) is -4.46. The molecule has 2 saturated heterocycles. The number of aldehydes is 1. The topological polar surface area (TPSA) is 238 Å². The number of hydrogen-bond acceptors (Lipinski definition) is 19. The van der Waals surface area contributed by atoms with Gasteiger partial charge in [-0.1, -0.05) is 39.0 Å². The lowest BCUT2D eigenvalue weighted by atomic mass is 9.82. The minimum Gasteiger partial charge on any atom is -0.462 e. The van der Waals surface area contributed by atoms with E-state index in [4.69, 9.17) is 47.4 Å². The van der Waals surface area contributed by atoms with Crippen molar-refractivity contribution in [3.63, 3.8) is 0 Å². The molecule has 0 bridgehead atoms. The van der Waals surface area contributed by atoms with Crippen molar-refractivity contribution in [2.45, 2.75) is 192 Å². The zero-order valence-corrected chi connectivity index (χ0v) is 39.2. The van der Waals surface area contributed by atoms with Crippen LogP contribution in [0.1, 0.15) is 101 Å². The Kier molecular flexibility index (Phi) is 21.5. The Morgan fingerprint density at radius 3 is 2.08 bits per heavy atom. The molecule has 3 rings (SSSR count). The van der Waals surface area contributed by atoms with E-state index in [0.29, 0.717) is 12.7 Å². The Bertz CT molecular complexity index is 1620. The maximum Gasteiger partial charge on any atom is 0.309 e. The smallest absolute Gasteiger partial charge is 0.309 e. The normalized spacial score (nSPS) is 38.8. The van der Waals surface area contributed by atoms with Gasteiger partial charge in [0.1, 0.15) is 49.0 Å². The zero-order valence-electron chi connectivity index (χ0n) is 39.2. The molecule has 0 saturated carbocycles. The van der Waals surface area contributed by atoms with Crippen molar-refractivity contribution >= 4 is 36.1 Å². The predicted molar refractivity (Wildman–Crippen MR) is 226 cm³/mol. The summed E-state index contributed by atoms with van der Waals surface area (Å²) in [6.07, 6.45) is -7.97. The molecule has 3 heterocycles. The second-order valence-electron chi connectivity index (χ2n) is 17.1. The van der Waals surface area contributed by atoms with E-state index in [-0.39, 0.29) is 25.7 Å². The first-order chi connectivity index (χ1) is 30.1. The molecule has 0 radical (unpaired) electrons. The number of carbonyl (C=O) groups is 6. The molecule has 0 aromatic heterocycles. The van der Waals surface area contributed by atoms with Crippen LogP contribution in [0.25, 0.3) is 0 Å². The summed E-state index contributed by atoms with van der Waals surface area (Å²) in [7, 11) is 4.68. The maximum absolute atomic E-state index is 13.4. The first kappa shape index (κ1) is 54.5. The largest absolute Gasteiger partial charge is 0.462 e. The quantitative estimate of drug-likeness (QED) is 0.145. The molecule has 364 valence electrons. The molecule has 0 amide bonds. The van der Waals surface area contributed by atoms with Crippen LogP contribution in [-0.4, -0.2) is 164 Å². The molecular formula is C45H71NO18. The van der Waals surface area contributed by atoms with Crippen LogP contribution in [-0.2, 0) is 76.1 Å². The van der Waals surface area contributed by atoms with Crippen LogP contribution < -0.4 is 0 Å². The average Bonchev–Trinajstić information content (AvgIpc) is 3.21. The molecule has 3 aliphatic heterocycles. The minimum atomic E-state index is -1.82. The summed E-state index contributed by atoms with van der Waals surface area (Å²) >= 11 is 0. The van der Waals surface area contributed by atoms with Gasteiger partial charge in [-0.3, -0.25) is 24.0 Å². The molecule has 19 heteroatoms. The number of esters is 5. The molecule has 17 atom stereocenters. The van der Waals surface area contributed by atoms with E-state index >= 15 is 0 Å². The Labute approximate surface area is 376 Å². The number of hydrogen-bond donors (Lipinski definition) is 2. The fraction of sp³-hybridized carbons (Fsp3) is 0.778. The van der Waals surface area contributed by atoms with Gasteiger partial charge in [-0.15, -0.1) is 0 Å². The Balaban J connectivity index is 2.11. The van der Waals surface area contributed by atoms with Gasteiger partial charge in [0.25, 0.3) is 0 Å². The van der Waals surface area contributed by atoms with Gasteiger partial charge in [0, 0.05) is 46.6 Å². The number of aliphatic hydroxyl groups is 2. The number of allylic oxidation sites excluding steroid dienone is 2. The summed E-state index contributed by atoms with van der Waals surface area (Å²) in [6, 6.07) is -0.956. The van der Waals surface area contributed by atoms with Crippen LogP contribution in [0.15, 0.2) is 24.3 Å². The van der Waals surface area contributed by atoms with Gasteiger partial charge in [0.15, 0.2) is 24.3 Å². The van der Waals surface area contributed by atoms with Gasteiger partial charge in [-0.05, 0) is 66.1 Å².